The molecule has 5 heteroatoms. The number of hydrogen-bond acceptors (Lipinski definition) is 4. The van der Waals surface area contributed by atoms with Crippen molar-refractivity contribution in [3.63, 3.8) is 0 Å². The van der Waals surface area contributed by atoms with Crippen LogP contribution in [0.4, 0.5) is 0 Å². The van der Waals surface area contributed by atoms with Gasteiger partial charge in [-0.15, -0.1) is 0 Å². The zero-order chi connectivity index (χ0) is 22.2. The second-order valence-electron chi connectivity index (χ2n) is 8.21. The van der Waals surface area contributed by atoms with Gasteiger partial charge in [-0.2, -0.15) is 0 Å². The molecular formula is C28H26N4O. The number of nitrogens with zero attached hydrogens (tertiary/aromatic N) is 4. The van der Waals surface area contributed by atoms with E-state index in [1.54, 1.807) is 0 Å². The lowest BCUT2D eigenvalue weighted by Gasteiger charge is -2.05. The number of fused-ring (bicyclic) bond motifs is 6. The summed E-state index contributed by atoms with van der Waals surface area (Å²) in [5, 5.41) is 4.61. The van der Waals surface area contributed by atoms with Crippen LogP contribution < -0.4 is 0 Å². The minimum absolute atomic E-state index is 0. The summed E-state index contributed by atoms with van der Waals surface area (Å²) >= 11 is 0. The highest BCUT2D eigenvalue weighted by atomic mass is 16.0. The normalized spacial score (nSPS) is 10.8. The van der Waals surface area contributed by atoms with Gasteiger partial charge in [0.25, 0.3) is 0 Å². The lowest BCUT2D eigenvalue weighted by atomic mass is 10.1. The summed E-state index contributed by atoms with van der Waals surface area (Å²) in [5.41, 5.74) is 8.58. The van der Waals surface area contributed by atoms with Crippen LogP contribution in [-0.2, 0) is 0 Å². The summed E-state index contributed by atoms with van der Waals surface area (Å²) in [4.78, 5) is 18.1. The van der Waals surface area contributed by atoms with E-state index in [9.17, 15) is 0 Å². The standard InChI is InChI=1S/2C14H12N2.H2O/c2*1-9-8-12-6-5-11-4-3-7-15-13(11)14(12)16-10(9)2;/h2*3-8H,1-2H3;1H2. The van der Waals surface area contributed by atoms with Gasteiger partial charge in [-0.3, -0.25) is 19.9 Å². The first-order chi connectivity index (χ1) is 15.5. The number of rotatable bonds is 0. The van der Waals surface area contributed by atoms with Crippen LogP contribution >= 0.6 is 0 Å². The molecule has 0 aliphatic heterocycles. The fraction of sp³-hybridized carbons (Fsp3) is 0.143. The second-order valence-corrected chi connectivity index (χ2v) is 8.21. The number of pyridine rings is 4. The first-order valence-corrected chi connectivity index (χ1v) is 10.7. The first kappa shape index (κ1) is 22.2. The van der Waals surface area contributed by atoms with Crippen molar-refractivity contribution in [2.75, 3.05) is 0 Å². The molecule has 0 bridgehead atoms. The molecule has 0 amide bonds. The van der Waals surface area contributed by atoms with Crippen molar-refractivity contribution < 1.29 is 5.48 Å². The van der Waals surface area contributed by atoms with Crippen LogP contribution in [0.1, 0.15) is 22.5 Å². The van der Waals surface area contributed by atoms with Gasteiger partial charge in [-0.25, -0.2) is 0 Å². The molecule has 0 saturated heterocycles. The van der Waals surface area contributed by atoms with E-state index in [0.717, 1.165) is 55.0 Å². The molecule has 2 N–H and O–H groups in total. The van der Waals surface area contributed by atoms with Crippen LogP contribution in [0.2, 0.25) is 0 Å². The van der Waals surface area contributed by atoms with Crippen LogP contribution in [0, 0.1) is 27.7 Å². The molecule has 4 aromatic heterocycles. The Morgan fingerprint density at radius 1 is 0.485 bits per heavy atom. The molecule has 6 rings (SSSR count). The third kappa shape index (κ3) is 4.11. The molecule has 164 valence electrons. The topological polar surface area (TPSA) is 83.1 Å². The molecule has 0 fully saturated rings. The summed E-state index contributed by atoms with van der Waals surface area (Å²) in [6, 6.07) is 20.8. The Bertz CT molecular complexity index is 1500. The van der Waals surface area contributed by atoms with E-state index in [1.165, 1.54) is 11.1 Å². The van der Waals surface area contributed by atoms with Gasteiger partial charge in [-0.1, -0.05) is 36.4 Å². The van der Waals surface area contributed by atoms with Crippen LogP contribution in [0.25, 0.3) is 43.6 Å². The highest BCUT2D eigenvalue weighted by molar-refractivity contribution is 6.03. The Labute approximate surface area is 192 Å². The average Bonchev–Trinajstić information content (AvgIpc) is 2.81. The lowest BCUT2D eigenvalue weighted by Crippen LogP contribution is -1.90. The fourth-order valence-electron chi connectivity index (χ4n) is 3.95. The summed E-state index contributed by atoms with van der Waals surface area (Å²) in [7, 11) is 0. The molecule has 0 atom stereocenters. The van der Waals surface area contributed by atoms with E-state index in [1.807, 2.05) is 38.4 Å². The Morgan fingerprint density at radius 3 is 1.30 bits per heavy atom. The van der Waals surface area contributed by atoms with Crippen molar-refractivity contribution in [3.8, 4) is 0 Å². The van der Waals surface area contributed by atoms with Gasteiger partial charge in [0, 0.05) is 45.3 Å². The van der Waals surface area contributed by atoms with Crippen molar-refractivity contribution in [1.82, 2.24) is 19.9 Å². The van der Waals surface area contributed by atoms with Gasteiger partial charge in [0.2, 0.25) is 0 Å². The maximum absolute atomic E-state index is 4.64. The van der Waals surface area contributed by atoms with Gasteiger partial charge >= 0.3 is 0 Å². The monoisotopic (exact) mass is 434 g/mol. The summed E-state index contributed by atoms with van der Waals surface area (Å²) in [6.07, 6.45) is 3.64. The third-order valence-corrected chi connectivity index (χ3v) is 6.00. The van der Waals surface area contributed by atoms with Crippen molar-refractivity contribution >= 4 is 43.6 Å². The molecule has 0 saturated carbocycles. The smallest absolute Gasteiger partial charge is 0.0967 e. The maximum atomic E-state index is 4.64. The zero-order valence-electron chi connectivity index (χ0n) is 19.2. The predicted octanol–water partition coefficient (Wildman–Crippen LogP) is 5.97. The zero-order valence-corrected chi connectivity index (χ0v) is 19.2. The number of aryl methyl sites for hydroxylation is 4. The van der Waals surface area contributed by atoms with Gasteiger partial charge in [-0.05, 0) is 63.1 Å². The Hall–Kier alpha value is -3.96. The molecule has 6 aromatic rings. The average molecular weight is 435 g/mol. The maximum Gasteiger partial charge on any atom is 0.0967 e. The van der Waals surface area contributed by atoms with E-state index < -0.39 is 0 Å². The molecule has 4 heterocycles. The quantitative estimate of drug-likeness (QED) is 0.276. The van der Waals surface area contributed by atoms with Crippen LogP contribution in [0.5, 0.6) is 0 Å². The van der Waals surface area contributed by atoms with Crippen LogP contribution in [-0.4, -0.2) is 25.4 Å². The highest BCUT2D eigenvalue weighted by Gasteiger charge is 2.05. The predicted molar refractivity (Wildman–Crippen MR) is 137 cm³/mol. The first-order valence-electron chi connectivity index (χ1n) is 10.7. The van der Waals surface area contributed by atoms with Gasteiger partial charge in [0.15, 0.2) is 0 Å². The number of hydrogen-bond donors (Lipinski definition) is 0. The van der Waals surface area contributed by atoms with E-state index in [2.05, 4.69) is 82.3 Å². The lowest BCUT2D eigenvalue weighted by molar-refractivity contribution is 0.824. The SMILES string of the molecule is Cc1cc2ccc3cccnc3c2nc1C.Cc1cc2ccc3cccnc3c2nc1C.O. The molecule has 33 heavy (non-hydrogen) atoms. The summed E-state index contributed by atoms with van der Waals surface area (Å²) in [6.45, 7) is 8.25. The van der Waals surface area contributed by atoms with Crippen molar-refractivity contribution in [2.24, 2.45) is 0 Å². The highest BCUT2D eigenvalue weighted by Crippen LogP contribution is 2.24. The minimum atomic E-state index is 0. The molecule has 0 aliphatic rings. The molecule has 0 unspecified atom stereocenters. The molecular weight excluding hydrogens is 408 g/mol. The summed E-state index contributed by atoms with van der Waals surface area (Å²) < 4.78 is 0. The van der Waals surface area contributed by atoms with E-state index in [0.29, 0.717) is 0 Å². The van der Waals surface area contributed by atoms with Crippen molar-refractivity contribution in [3.05, 3.63) is 95.6 Å². The van der Waals surface area contributed by atoms with Crippen LogP contribution in [0.3, 0.4) is 0 Å². The Balaban J connectivity index is 0.000000152. The summed E-state index contributed by atoms with van der Waals surface area (Å²) in [5.74, 6) is 0. The molecule has 0 spiro atoms. The minimum Gasteiger partial charge on any atom is -0.412 e. The van der Waals surface area contributed by atoms with Gasteiger partial charge in [0.1, 0.15) is 0 Å². The van der Waals surface area contributed by atoms with Crippen molar-refractivity contribution in [2.45, 2.75) is 27.7 Å². The third-order valence-electron chi connectivity index (χ3n) is 6.00. The molecule has 0 radical (unpaired) electrons. The molecule has 2 aromatic carbocycles. The molecule has 0 aliphatic carbocycles. The van der Waals surface area contributed by atoms with E-state index in [-0.39, 0.29) is 5.48 Å². The van der Waals surface area contributed by atoms with Crippen molar-refractivity contribution in [1.29, 1.82) is 0 Å². The second kappa shape index (κ2) is 8.88. The Morgan fingerprint density at radius 2 is 0.879 bits per heavy atom. The number of benzene rings is 2. The van der Waals surface area contributed by atoms with E-state index >= 15 is 0 Å². The largest absolute Gasteiger partial charge is 0.412 e. The molecule has 5 nitrogen and oxygen atoms in total. The Kier molecular flexibility index (Phi) is 5.99. The van der Waals surface area contributed by atoms with E-state index in [4.69, 9.17) is 0 Å². The number of aromatic nitrogens is 4. The van der Waals surface area contributed by atoms with Gasteiger partial charge < -0.3 is 5.48 Å². The van der Waals surface area contributed by atoms with Gasteiger partial charge in [0.05, 0.1) is 22.1 Å². The fourth-order valence-corrected chi connectivity index (χ4v) is 3.95. The van der Waals surface area contributed by atoms with Crippen LogP contribution in [0.15, 0.2) is 73.1 Å².